The minimum Gasteiger partial charge on any atom is -0.342 e. The quantitative estimate of drug-likeness (QED) is 0.861. The maximum absolute atomic E-state index is 5.42. The van der Waals surface area contributed by atoms with Crippen LogP contribution in [0.1, 0.15) is 44.4 Å². The number of H-pyrrole nitrogens is 1. The van der Waals surface area contributed by atoms with Crippen LogP contribution in [0.25, 0.3) is 11.6 Å². The van der Waals surface area contributed by atoms with Crippen LogP contribution >= 0.6 is 0 Å². The summed E-state index contributed by atoms with van der Waals surface area (Å²) < 4.78 is 5.42. The van der Waals surface area contributed by atoms with Gasteiger partial charge in [-0.25, -0.2) is 4.98 Å². The van der Waals surface area contributed by atoms with Crippen LogP contribution in [0.3, 0.4) is 0 Å². The summed E-state index contributed by atoms with van der Waals surface area (Å²) in [5.41, 5.74) is 0. The van der Waals surface area contributed by atoms with E-state index in [1.807, 2.05) is 0 Å². The molecule has 3 rings (SSSR count). The van der Waals surface area contributed by atoms with E-state index in [9.17, 15) is 0 Å². The zero-order valence-electron chi connectivity index (χ0n) is 11.1. The van der Waals surface area contributed by atoms with Gasteiger partial charge >= 0.3 is 0 Å². The summed E-state index contributed by atoms with van der Waals surface area (Å²) in [4.78, 5) is 11.6. The second kappa shape index (κ2) is 5.52. The SMILES string of the molecule is CCCNC1CCCC1c1nc(-c2ncc[nH]2)no1. The molecule has 2 heterocycles. The first-order valence-electron chi connectivity index (χ1n) is 6.95. The molecule has 0 aliphatic heterocycles. The summed E-state index contributed by atoms with van der Waals surface area (Å²) in [6, 6.07) is 0.463. The van der Waals surface area contributed by atoms with Crippen LogP contribution in [0, 0.1) is 0 Å². The molecule has 1 aliphatic carbocycles. The summed E-state index contributed by atoms with van der Waals surface area (Å²) in [6.45, 7) is 3.22. The third kappa shape index (κ3) is 2.53. The fraction of sp³-hybridized carbons (Fsp3) is 0.615. The van der Waals surface area contributed by atoms with Gasteiger partial charge in [-0.3, -0.25) is 0 Å². The van der Waals surface area contributed by atoms with Gasteiger partial charge in [0.15, 0.2) is 5.82 Å². The number of hydrogen-bond donors (Lipinski definition) is 2. The Balaban J connectivity index is 1.75. The van der Waals surface area contributed by atoms with Gasteiger partial charge in [-0.1, -0.05) is 18.5 Å². The molecule has 6 nitrogen and oxygen atoms in total. The minimum absolute atomic E-state index is 0.336. The van der Waals surface area contributed by atoms with Crippen LogP contribution in [0.4, 0.5) is 0 Å². The van der Waals surface area contributed by atoms with Crippen LogP contribution in [-0.4, -0.2) is 32.7 Å². The summed E-state index contributed by atoms with van der Waals surface area (Å²) in [7, 11) is 0. The van der Waals surface area contributed by atoms with E-state index in [0.29, 0.717) is 23.6 Å². The second-order valence-corrected chi connectivity index (χ2v) is 4.99. The first kappa shape index (κ1) is 12.3. The number of nitrogens with one attached hydrogen (secondary N) is 2. The number of aromatic amines is 1. The van der Waals surface area contributed by atoms with E-state index in [0.717, 1.165) is 25.3 Å². The van der Waals surface area contributed by atoms with E-state index in [-0.39, 0.29) is 0 Å². The first-order valence-corrected chi connectivity index (χ1v) is 6.95. The Bertz CT molecular complexity index is 507. The van der Waals surface area contributed by atoms with Gasteiger partial charge in [-0.2, -0.15) is 4.98 Å². The molecule has 0 saturated heterocycles. The summed E-state index contributed by atoms with van der Waals surface area (Å²) in [5, 5.41) is 7.58. The largest absolute Gasteiger partial charge is 0.342 e. The zero-order valence-corrected chi connectivity index (χ0v) is 11.1. The van der Waals surface area contributed by atoms with Crippen molar-refractivity contribution in [3.05, 3.63) is 18.3 Å². The predicted molar refractivity (Wildman–Crippen MR) is 70.6 cm³/mol. The molecular formula is C13H19N5O. The first-order chi connectivity index (χ1) is 9.38. The Morgan fingerprint density at radius 3 is 3.21 bits per heavy atom. The van der Waals surface area contributed by atoms with E-state index in [1.165, 1.54) is 12.8 Å². The topological polar surface area (TPSA) is 79.6 Å². The lowest BCUT2D eigenvalue weighted by Crippen LogP contribution is -2.31. The standard InChI is InChI=1S/C13H19N5O/c1-2-6-14-10-5-3-4-9(10)13-17-12(18-19-13)11-15-7-8-16-11/h7-10,14H,2-6H2,1H3,(H,15,16). The highest BCUT2D eigenvalue weighted by atomic mass is 16.5. The highest BCUT2D eigenvalue weighted by Gasteiger charge is 2.32. The average Bonchev–Trinajstić information content (AvgIpc) is 3.14. The van der Waals surface area contributed by atoms with E-state index in [4.69, 9.17) is 4.52 Å². The number of imidazole rings is 1. The van der Waals surface area contributed by atoms with Crippen LogP contribution in [0.5, 0.6) is 0 Å². The van der Waals surface area contributed by atoms with Gasteiger partial charge in [0.25, 0.3) is 0 Å². The average molecular weight is 261 g/mol. The van der Waals surface area contributed by atoms with E-state index < -0.39 is 0 Å². The lowest BCUT2D eigenvalue weighted by atomic mass is 10.0. The second-order valence-electron chi connectivity index (χ2n) is 4.99. The van der Waals surface area contributed by atoms with Gasteiger partial charge in [-0.05, 0) is 25.8 Å². The highest BCUT2D eigenvalue weighted by molar-refractivity contribution is 5.41. The Morgan fingerprint density at radius 2 is 2.42 bits per heavy atom. The van der Waals surface area contributed by atoms with E-state index in [2.05, 4.69) is 32.3 Å². The maximum atomic E-state index is 5.42. The van der Waals surface area contributed by atoms with Crippen molar-refractivity contribution >= 4 is 0 Å². The Hall–Kier alpha value is -1.69. The Labute approximate surface area is 112 Å². The molecule has 1 saturated carbocycles. The van der Waals surface area contributed by atoms with Crippen LogP contribution in [0.15, 0.2) is 16.9 Å². The zero-order chi connectivity index (χ0) is 13.1. The molecule has 2 aromatic heterocycles. The fourth-order valence-electron chi connectivity index (χ4n) is 2.70. The van der Waals surface area contributed by atoms with E-state index in [1.54, 1.807) is 12.4 Å². The van der Waals surface area contributed by atoms with Gasteiger partial charge in [-0.15, -0.1) is 0 Å². The fourth-order valence-corrected chi connectivity index (χ4v) is 2.70. The van der Waals surface area contributed by atoms with Crippen LogP contribution in [0.2, 0.25) is 0 Å². The van der Waals surface area contributed by atoms with Crippen LogP contribution < -0.4 is 5.32 Å². The van der Waals surface area contributed by atoms with Crippen LogP contribution in [-0.2, 0) is 0 Å². The monoisotopic (exact) mass is 261 g/mol. The minimum atomic E-state index is 0.336. The molecule has 1 fully saturated rings. The molecule has 2 unspecified atom stereocenters. The van der Waals surface area contributed by atoms with Gasteiger partial charge < -0.3 is 14.8 Å². The number of nitrogens with zero attached hydrogens (tertiary/aromatic N) is 3. The van der Waals surface area contributed by atoms with Gasteiger partial charge in [0.1, 0.15) is 0 Å². The van der Waals surface area contributed by atoms with Gasteiger partial charge in [0.2, 0.25) is 11.7 Å². The van der Waals surface area contributed by atoms with Crippen molar-refractivity contribution in [2.45, 2.75) is 44.6 Å². The van der Waals surface area contributed by atoms with Crippen molar-refractivity contribution < 1.29 is 4.52 Å². The summed E-state index contributed by atoms with van der Waals surface area (Å²) in [5.74, 6) is 2.27. The molecule has 2 N–H and O–H groups in total. The summed E-state index contributed by atoms with van der Waals surface area (Å²) >= 11 is 0. The molecule has 102 valence electrons. The Morgan fingerprint density at radius 1 is 1.47 bits per heavy atom. The lowest BCUT2D eigenvalue weighted by molar-refractivity contribution is 0.330. The maximum Gasteiger partial charge on any atom is 0.238 e. The smallest absolute Gasteiger partial charge is 0.238 e. The third-order valence-corrected chi connectivity index (χ3v) is 3.64. The van der Waals surface area contributed by atoms with Crippen molar-refractivity contribution in [1.82, 2.24) is 25.4 Å². The molecular weight excluding hydrogens is 242 g/mol. The van der Waals surface area contributed by atoms with Crippen molar-refractivity contribution in [3.63, 3.8) is 0 Å². The number of hydrogen-bond acceptors (Lipinski definition) is 5. The van der Waals surface area contributed by atoms with Crippen molar-refractivity contribution in [1.29, 1.82) is 0 Å². The molecule has 0 radical (unpaired) electrons. The van der Waals surface area contributed by atoms with Gasteiger partial charge in [0.05, 0.1) is 5.92 Å². The molecule has 0 bridgehead atoms. The number of rotatable bonds is 5. The Kier molecular flexibility index (Phi) is 3.59. The molecule has 0 amide bonds. The van der Waals surface area contributed by atoms with Crippen molar-refractivity contribution in [2.75, 3.05) is 6.54 Å². The molecule has 2 aromatic rings. The molecule has 1 aliphatic rings. The molecule has 2 atom stereocenters. The van der Waals surface area contributed by atoms with Gasteiger partial charge in [0, 0.05) is 18.4 Å². The van der Waals surface area contributed by atoms with Crippen molar-refractivity contribution in [2.24, 2.45) is 0 Å². The molecule has 0 aromatic carbocycles. The van der Waals surface area contributed by atoms with Crippen molar-refractivity contribution in [3.8, 4) is 11.6 Å². The normalized spacial score (nSPS) is 23.0. The molecule has 6 heteroatoms. The number of aromatic nitrogens is 4. The molecule has 0 spiro atoms. The summed E-state index contributed by atoms with van der Waals surface area (Å²) in [6.07, 6.45) is 8.10. The molecule has 19 heavy (non-hydrogen) atoms. The third-order valence-electron chi connectivity index (χ3n) is 3.64. The lowest BCUT2D eigenvalue weighted by Gasteiger charge is -2.17. The van der Waals surface area contributed by atoms with E-state index >= 15 is 0 Å². The highest BCUT2D eigenvalue weighted by Crippen LogP contribution is 2.34. The predicted octanol–water partition coefficient (Wildman–Crippen LogP) is 2.10.